The quantitative estimate of drug-likeness (QED) is 0.490. The van der Waals surface area contributed by atoms with Crippen molar-refractivity contribution in [1.29, 1.82) is 0 Å². The molecular formula is C16H21BN2O3. The average molecular weight is 300 g/mol. The van der Waals surface area contributed by atoms with Gasteiger partial charge < -0.3 is 14.0 Å². The molecule has 5 nitrogen and oxygen atoms in total. The van der Waals surface area contributed by atoms with Crippen LogP contribution in [-0.2, 0) is 9.31 Å². The van der Waals surface area contributed by atoms with E-state index in [4.69, 9.17) is 14.0 Å². The lowest BCUT2D eigenvalue weighted by molar-refractivity contribution is 0.00578. The molecule has 0 spiro atoms. The van der Waals surface area contributed by atoms with Gasteiger partial charge in [0, 0.05) is 6.20 Å². The molecule has 0 aromatic heterocycles. The topological polar surface area (TPSA) is 52.4 Å². The first-order valence-electron chi connectivity index (χ1n) is 7.08. The predicted molar refractivity (Wildman–Crippen MR) is 90.0 cm³/mol. The minimum absolute atomic E-state index is 0.151. The molecule has 1 aliphatic rings. The first-order chi connectivity index (χ1) is 10.3. The second kappa shape index (κ2) is 6.06. The van der Waals surface area contributed by atoms with Crippen molar-refractivity contribution in [3.05, 3.63) is 37.0 Å². The van der Waals surface area contributed by atoms with Gasteiger partial charge in [-0.05, 0) is 52.0 Å². The summed E-state index contributed by atoms with van der Waals surface area (Å²) in [5.74, 6) is 0.605. The summed E-state index contributed by atoms with van der Waals surface area (Å²) in [6, 6.07) is 7.56. The van der Waals surface area contributed by atoms with Crippen LogP contribution >= 0.6 is 0 Å². The van der Waals surface area contributed by atoms with E-state index in [0.29, 0.717) is 5.75 Å². The van der Waals surface area contributed by atoms with E-state index in [-0.39, 0.29) is 17.2 Å². The van der Waals surface area contributed by atoms with Crippen molar-refractivity contribution in [2.75, 3.05) is 0 Å². The van der Waals surface area contributed by atoms with Crippen LogP contribution in [0.4, 0.5) is 0 Å². The summed E-state index contributed by atoms with van der Waals surface area (Å²) in [6.45, 7) is 15.0. The molecule has 1 saturated heterocycles. The first-order valence-corrected chi connectivity index (χ1v) is 7.08. The lowest BCUT2D eigenvalue weighted by Gasteiger charge is -2.32. The number of ether oxygens (including phenoxy) is 1. The lowest BCUT2D eigenvalue weighted by Crippen LogP contribution is -2.41. The number of rotatable bonds is 3. The minimum atomic E-state index is -0.391. The van der Waals surface area contributed by atoms with Crippen LogP contribution in [0.25, 0.3) is 0 Å². The molecule has 2 rings (SSSR count). The highest BCUT2D eigenvalue weighted by Gasteiger charge is 2.51. The van der Waals surface area contributed by atoms with Crippen molar-refractivity contribution in [3.63, 3.8) is 0 Å². The monoisotopic (exact) mass is 300 g/mol. The third kappa shape index (κ3) is 3.29. The predicted octanol–water partition coefficient (Wildman–Crippen LogP) is 2.56. The number of hydrogen-bond donors (Lipinski definition) is 0. The molecular weight excluding hydrogens is 279 g/mol. The van der Waals surface area contributed by atoms with Crippen LogP contribution in [0, 0.1) is 0 Å². The minimum Gasteiger partial charge on any atom is -0.424 e. The summed E-state index contributed by atoms with van der Waals surface area (Å²) < 4.78 is 17.5. The van der Waals surface area contributed by atoms with Crippen LogP contribution in [0.1, 0.15) is 27.7 Å². The summed E-state index contributed by atoms with van der Waals surface area (Å²) >= 11 is 0. The zero-order chi connectivity index (χ0) is 16.4. The van der Waals surface area contributed by atoms with Crippen molar-refractivity contribution < 1.29 is 14.0 Å². The molecule has 0 aliphatic carbocycles. The molecule has 6 heteroatoms. The third-order valence-corrected chi connectivity index (χ3v) is 3.95. The second-order valence-electron chi connectivity index (χ2n) is 6.01. The molecule has 0 N–H and O–H groups in total. The molecule has 0 saturated carbocycles. The summed E-state index contributed by atoms with van der Waals surface area (Å²) in [6.07, 6.45) is 1.35. The van der Waals surface area contributed by atoms with E-state index in [2.05, 4.69) is 23.3 Å². The smallest absolute Gasteiger partial charge is 0.424 e. The summed E-state index contributed by atoms with van der Waals surface area (Å²) in [4.78, 5) is 7.52. The van der Waals surface area contributed by atoms with Gasteiger partial charge in [-0.25, -0.2) is 9.98 Å². The van der Waals surface area contributed by atoms with Gasteiger partial charge in [-0.3, -0.25) is 0 Å². The van der Waals surface area contributed by atoms with Gasteiger partial charge in [-0.1, -0.05) is 18.7 Å². The molecule has 0 unspecified atom stereocenters. The molecule has 0 atom stereocenters. The van der Waals surface area contributed by atoms with Crippen LogP contribution in [0.3, 0.4) is 0 Å². The molecule has 0 amide bonds. The number of aliphatic imine (C=N–C) groups is 2. The van der Waals surface area contributed by atoms with Crippen molar-refractivity contribution >= 4 is 25.3 Å². The Kier molecular flexibility index (Phi) is 4.54. The zero-order valence-electron chi connectivity index (χ0n) is 13.5. The fourth-order valence-electron chi connectivity index (χ4n) is 1.96. The molecule has 1 aromatic rings. The van der Waals surface area contributed by atoms with Crippen LogP contribution in [0.15, 0.2) is 47.0 Å². The van der Waals surface area contributed by atoms with Gasteiger partial charge in [0.1, 0.15) is 5.75 Å². The Hall–Kier alpha value is -1.92. The van der Waals surface area contributed by atoms with Crippen LogP contribution < -0.4 is 10.2 Å². The number of amidine groups is 1. The largest absolute Gasteiger partial charge is 0.494 e. The lowest BCUT2D eigenvalue weighted by atomic mass is 9.79. The van der Waals surface area contributed by atoms with E-state index >= 15 is 0 Å². The molecule has 1 aromatic carbocycles. The van der Waals surface area contributed by atoms with E-state index in [9.17, 15) is 0 Å². The Morgan fingerprint density at radius 3 is 2.14 bits per heavy atom. The Balaban J connectivity index is 2.12. The van der Waals surface area contributed by atoms with E-state index in [1.54, 1.807) is 0 Å². The second-order valence-corrected chi connectivity index (χ2v) is 6.01. The van der Waals surface area contributed by atoms with Crippen molar-refractivity contribution in [1.82, 2.24) is 0 Å². The molecule has 1 aliphatic heterocycles. The summed E-state index contributed by atoms with van der Waals surface area (Å²) in [5, 5.41) is 0. The highest BCUT2D eigenvalue weighted by molar-refractivity contribution is 6.62. The highest BCUT2D eigenvalue weighted by atomic mass is 16.7. The molecule has 22 heavy (non-hydrogen) atoms. The standard InChI is InChI=1S/C16H21BN2O3/c1-7-19-14(18-6)20-13-10-8-12(9-11-13)17-21-15(2,3)16(4,5)22-17/h7-11H,1,6H2,2-5H3. The van der Waals surface area contributed by atoms with Gasteiger partial charge in [0.25, 0.3) is 0 Å². The SMILES string of the molecule is C=CN=C(N=C)Oc1ccc(B2OC(C)(C)C(C)(C)O2)cc1. The zero-order valence-corrected chi connectivity index (χ0v) is 13.5. The molecule has 116 valence electrons. The Morgan fingerprint density at radius 1 is 1.14 bits per heavy atom. The van der Waals surface area contributed by atoms with Crippen LogP contribution in [0.5, 0.6) is 5.75 Å². The van der Waals surface area contributed by atoms with Gasteiger partial charge in [-0.15, -0.1) is 0 Å². The maximum Gasteiger partial charge on any atom is 0.494 e. The van der Waals surface area contributed by atoms with E-state index in [0.717, 1.165) is 5.46 Å². The van der Waals surface area contributed by atoms with E-state index in [1.807, 2.05) is 52.0 Å². The normalized spacial score (nSPS) is 19.8. The molecule has 1 heterocycles. The highest BCUT2D eigenvalue weighted by Crippen LogP contribution is 2.36. The third-order valence-electron chi connectivity index (χ3n) is 3.95. The number of hydrogen-bond acceptors (Lipinski definition) is 4. The maximum atomic E-state index is 6.00. The average Bonchev–Trinajstić information content (AvgIpc) is 2.67. The Labute approximate surface area is 131 Å². The summed E-state index contributed by atoms with van der Waals surface area (Å²) in [5.41, 5.74) is 0.215. The first kappa shape index (κ1) is 16.5. The van der Waals surface area contributed by atoms with Gasteiger partial charge >= 0.3 is 13.1 Å². The number of nitrogens with zero attached hydrogens (tertiary/aromatic N) is 2. The van der Waals surface area contributed by atoms with Crippen molar-refractivity contribution in [2.24, 2.45) is 9.98 Å². The van der Waals surface area contributed by atoms with Gasteiger partial charge in [-0.2, -0.15) is 0 Å². The van der Waals surface area contributed by atoms with Gasteiger partial charge in [0.15, 0.2) is 0 Å². The summed E-state index contributed by atoms with van der Waals surface area (Å²) in [7, 11) is -0.391. The van der Waals surface area contributed by atoms with E-state index < -0.39 is 7.12 Å². The van der Waals surface area contributed by atoms with Crippen molar-refractivity contribution in [3.8, 4) is 5.75 Å². The number of benzene rings is 1. The molecule has 0 radical (unpaired) electrons. The van der Waals surface area contributed by atoms with Crippen molar-refractivity contribution in [2.45, 2.75) is 38.9 Å². The fraction of sp³-hybridized carbons (Fsp3) is 0.375. The fourth-order valence-corrected chi connectivity index (χ4v) is 1.96. The van der Waals surface area contributed by atoms with E-state index in [1.165, 1.54) is 6.20 Å². The van der Waals surface area contributed by atoms with Crippen LogP contribution in [-0.4, -0.2) is 31.1 Å². The maximum absolute atomic E-state index is 6.00. The Morgan fingerprint density at radius 2 is 1.68 bits per heavy atom. The Bertz CT molecular complexity index is 578. The van der Waals surface area contributed by atoms with Gasteiger partial charge in [0.05, 0.1) is 11.2 Å². The molecule has 0 bridgehead atoms. The van der Waals surface area contributed by atoms with Crippen LogP contribution in [0.2, 0.25) is 0 Å². The molecule has 1 fully saturated rings. The van der Waals surface area contributed by atoms with Gasteiger partial charge in [0.2, 0.25) is 0 Å².